The third-order valence-electron chi connectivity index (χ3n) is 4.86. The number of amides is 1. The van der Waals surface area contributed by atoms with Crippen molar-refractivity contribution in [1.29, 1.82) is 0 Å². The summed E-state index contributed by atoms with van der Waals surface area (Å²) in [5, 5.41) is 5.22. The van der Waals surface area contributed by atoms with Crippen LogP contribution in [0.5, 0.6) is 0 Å². The number of carbonyl (C=O) groups is 1. The second-order valence-corrected chi connectivity index (χ2v) is 9.37. The molecule has 0 saturated carbocycles. The van der Waals surface area contributed by atoms with Gasteiger partial charge in [-0.3, -0.25) is 9.00 Å². The predicted molar refractivity (Wildman–Crippen MR) is 118 cm³/mol. The van der Waals surface area contributed by atoms with Gasteiger partial charge < -0.3 is 10.2 Å². The van der Waals surface area contributed by atoms with Crippen LogP contribution < -0.4 is 10.2 Å². The van der Waals surface area contributed by atoms with E-state index in [1.165, 1.54) is 10.4 Å². The lowest BCUT2D eigenvalue weighted by atomic mass is 10.1. The van der Waals surface area contributed by atoms with Gasteiger partial charge in [0, 0.05) is 46.3 Å². The number of benzene rings is 2. The molecule has 1 N–H and O–H groups in total. The number of nitrogens with one attached hydrogen (secondary N) is 1. The molecule has 0 fully saturated rings. The number of anilines is 2. The molecule has 1 aromatic heterocycles. The Bertz CT molecular complexity index is 1030. The van der Waals surface area contributed by atoms with Gasteiger partial charge in [-0.2, -0.15) is 0 Å². The van der Waals surface area contributed by atoms with Gasteiger partial charge >= 0.3 is 0 Å². The van der Waals surface area contributed by atoms with Crippen LogP contribution in [0, 0.1) is 0 Å². The molecule has 2 heterocycles. The number of hydrogen-bond donors (Lipinski definition) is 1. The minimum Gasteiger partial charge on any atom is -0.365 e. The molecular formula is C22H22N2O2S2. The van der Waals surface area contributed by atoms with Gasteiger partial charge in [0.15, 0.2) is 0 Å². The minimum atomic E-state index is -0.935. The number of carbonyl (C=O) groups excluding carboxylic acids is 1. The van der Waals surface area contributed by atoms with Crippen LogP contribution in [0.4, 0.5) is 11.4 Å². The van der Waals surface area contributed by atoms with E-state index in [0.29, 0.717) is 11.3 Å². The zero-order valence-electron chi connectivity index (χ0n) is 15.7. The van der Waals surface area contributed by atoms with Crippen LogP contribution in [0.15, 0.2) is 60.0 Å². The number of fused-ring (bicyclic) bond motifs is 1. The summed E-state index contributed by atoms with van der Waals surface area (Å²) >= 11 is 1.82. The van der Waals surface area contributed by atoms with Gasteiger partial charge in [0.2, 0.25) is 0 Å². The summed E-state index contributed by atoms with van der Waals surface area (Å²) in [4.78, 5) is 16.6. The summed E-state index contributed by atoms with van der Waals surface area (Å²) in [6, 6.07) is 17.5. The van der Waals surface area contributed by atoms with E-state index in [9.17, 15) is 9.00 Å². The molecule has 144 valence electrons. The molecule has 1 aliphatic heterocycles. The van der Waals surface area contributed by atoms with Gasteiger partial charge in [0.25, 0.3) is 5.91 Å². The van der Waals surface area contributed by atoms with Crippen molar-refractivity contribution in [3.8, 4) is 0 Å². The van der Waals surface area contributed by atoms with E-state index in [2.05, 4.69) is 27.7 Å². The molecule has 4 rings (SSSR count). The number of nitrogens with zero attached hydrogens (tertiary/aromatic N) is 1. The van der Waals surface area contributed by atoms with Crippen molar-refractivity contribution in [3.05, 3.63) is 81.5 Å². The summed E-state index contributed by atoms with van der Waals surface area (Å²) in [6.07, 6.45) is 2.70. The van der Waals surface area contributed by atoms with E-state index in [1.54, 1.807) is 12.3 Å². The van der Waals surface area contributed by atoms with Crippen molar-refractivity contribution in [3.63, 3.8) is 0 Å². The molecule has 1 unspecified atom stereocenters. The fourth-order valence-electron chi connectivity index (χ4n) is 3.54. The zero-order chi connectivity index (χ0) is 19.5. The van der Waals surface area contributed by atoms with Gasteiger partial charge in [-0.15, -0.1) is 11.3 Å². The molecule has 0 spiro atoms. The lowest BCUT2D eigenvalue weighted by Gasteiger charge is -2.30. The number of para-hydroxylation sites is 2. The fraction of sp³-hybridized carbons (Fsp3) is 0.227. The first-order valence-corrected chi connectivity index (χ1v) is 11.8. The second kappa shape index (κ2) is 8.29. The first-order valence-electron chi connectivity index (χ1n) is 9.19. The van der Waals surface area contributed by atoms with Gasteiger partial charge in [0.05, 0.1) is 11.4 Å². The first kappa shape index (κ1) is 18.9. The van der Waals surface area contributed by atoms with Crippen LogP contribution in [0.25, 0.3) is 0 Å². The van der Waals surface area contributed by atoms with Crippen LogP contribution in [0.2, 0.25) is 0 Å². The first-order chi connectivity index (χ1) is 13.6. The van der Waals surface area contributed by atoms with E-state index in [1.807, 2.05) is 47.7 Å². The summed E-state index contributed by atoms with van der Waals surface area (Å²) in [5.74, 6) is 0.304. The Kier molecular flexibility index (Phi) is 5.59. The standard InChI is InChI=1S/C22H22N2O2S2/c1-28(26)15-16-5-4-6-17(13-16)22(25)23-19-7-2-3-8-20(19)24-11-9-21-18(14-24)10-12-27-21/h2-8,10,12-13H,9,11,14-15H2,1H3,(H,23,25). The lowest BCUT2D eigenvalue weighted by Crippen LogP contribution is -2.30. The molecule has 2 aromatic carbocycles. The highest BCUT2D eigenvalue weighted by molar-refractivity contribution is 7.83. The summed E-state index contributed by atoms with van der Waals surface area (Å²) in [6.45, 7) is 1.81. The number of hydrogen-bond acceptors (Lipinski definition) is 4. The maximum Gasteiger partial charge on any atom is 0.255 e. The Hall–Kier alpha value is -2.44. The third kappa shape index (κ3) is 4.18. The summed E-state index contributed by atoms with van der Waals surface area (Å²) in [5.41, 5.74) is 4.71. The molecule has 1 amide bonds. The van der Waals surface area contributed by atoms with Crippen molar-refractivity contribution < 1.29 is 9.00 Å². The summed E-state index contributed by atoms with van der Waals surface area (Å²) < 4.78 is 11.5. The molecule has 1 atom stereocenters. The second-order valence-electron chi connectivity index (χ2n) is 6.93. The van der Waals surface area contributed by atoms with Crippen molar-refractivity contribution in [2.75, 3.05) is 23.0 Å². The van der Waals surface area contributed by atoms with E-state index in [4.69, 9.17) is 0 Å². The zero-order valence-corrected chi connectivity index (χ0v) is 17.3. The average molecular weight is 411 g/mol. The largest absolute Gasteiger partial charge is 0.365 e. The van der Waals surface area contributed by atoms with Gasteiger partial charge in [-0.1, -0.05) is 24.3 Å². The monoisotopic (exact) mass is 410 g/mol. The average Bonchev–Trinajstić information content (AvgIpc) is 3.16. The SMILES string of the molecule is CS(=O)Cc1cccc(C(=O)Nc2ccccc2N2CCc3sccc3C2)c1. The van der Waals surface area contributed by atoms with Crippen molar-refractivity contribution >= 4 is 39.4 Å². The van der Waals surface area contributed by atoms with Crippen molar-refractivity contribution in [2.45, 2.75) is 18.7 Å². The smallest absolute Gasteiger partial charge is 0.255 e. The Morgan fingerprint density at radius 2 is 2.04 bits per heavy atom. The van der Waals surface area contributed by atoms with E-state index < -0.39 is 10.8 Å². The van der Waals surface area contributed by atoms with E-state index in [0.717, 1.165) is 36.4 Å². The van der Waals surface area contributed by atoms with Crippen LogP contribution >= 0.6 is 11.3 Å². The predicted octanol–water partition coefficient (Wildman–Crippen LogP) is 4.44. The Morgan fingerprint density at radius 1 is 1.18 bits per heavy atom. The lowest BCUT2D eigenvalue weighted by molar-refractivity contribution is 0.102. The topological polar surface area (TPSA) is 49.4 Å². The van der Waals surface area contributed by atoms with E-state index in [-0.39, 0.29) is 5.91 Å². The molecule has 6 heteroatoms. The maximum atomic E-state index is 12.8. The van der Waals surface area contributed by atoms with Crippen molar-refractivity contribution in [2.24, 2.45) is 0 Å². The van der Waals surface area contributed by atoms with Gasteiger partial charge in [-0.05, 0) is 53.3 Å². The molecular weight excluding hydrogens is 388 g/mol. The third-order valence-corrected chi connectivity index (χ3v) is 6.62. The van der Waals surface area contributed by atoms with Crippen LogP contribution in [0.1, 0.15) is 26.4 Å². The molecule has 4 nitrogen and oxygen atoms in total. The fourth-order valence-corrected chi connectivity index (χ4v) is 5.08. The minimum absolute atomic E-state index is 0.149. The van der Waals surface area contributed by atoms with Crippen molar-refractivity contribution in [1.82, 2.24) is 0 Å². The molecule has 0 bridgehead atoms. The van der Waals surface area contributed by atoms with E-state index >= 15 is 0 Å². The molecule has 0 radical (unpaired) electrons. The quantitative estimate of drug-likeness (QED) is 0.676. The highest BCUT2D eigenvalue weighted by Gasteiger charge is 2.20. The number of thiophene rings is 1. The maximum absolute atomic E-state index is 12.8. The number of rotatable bonds is 5. The van der Waals surface area contributed by atoms with Crippen LogP contribution in [-0.4, -0.2) is 22.9 Å². The molecule has 3 aromatic rings. The van der Waals surface area contributed by atoms with Gasteiger partial charge in [-0.25, -0.2) is 0 Å². The van der Waals surface area contributed by atoms with Crippen LogP contribution in [0.3, 0.4) is 0 Å². The van der Waals surface area contributed by atoms with Gasteiger partial charge in [0.1, 0.15) is 0 Å². The highest BCUT2D eigenvalue weighted by Crippen LogP contribution is 2.32. The van der Waals surface area contributed by atoms with Crippen LogP contribution in [-0.2, 0) is 29.5 Å². The Labute approximate surface area is 171 Å². The molecule has 1 aliphatic rings. The highest BCUT2D eigenvalue weighted by atomic mass is 32.2. The molecule has 0 aliphatic carbocycles. The normalized spacial score (nSPS) is 14.4. The Balaban J connectivity index is 1.55. The Morgan fingerprint density at radius 3 is 2.89 bits per heavy atom. The summed E-state index contributed by atoms with van der Waals surface area (Å²) in [7, 11) is -0.935. The molecule has 28 heavy (non-hydrogen) atoms. The molecule has 0 saturated heterocycles.